The van der Waals surface area contributed by atoms with Gasteiger partial charge < -0.3 is 10.2 Å². The van der Waals surface area contributed by atoms with Crippen LogP contribution in [0.1, 0.15) is 38.8 Å². The lowest BCUT2D eigenvalue weighted by molar-refractivity contribution is 0.275. The first-order valence-corrected chi connectivity index (χ1v) is 9.60. The maximum atomic E-state index is 6.26. The Balaban J connectivity index is 2.85. The maximum Gasteiger partial charge on any atom is 0.192 e. The van der Waals surface area contributed by atoms with Crippen LogP contribution in [-0.4, -0.2) is 8.32 Å². The lowest BCUT2D eigenvalue weighted by atomic mass is 10.0. The Kier molecular flexibility index (Phi) is 4.62. The zero-order valence-electron chi connectivity index (χ0n) is 12.6. The van der Waals surface area contributed by atoms with E-state index >= 15 is 0 Å². The molecule has 0 fully saturated rings. The molecule has 0 amide bonds. The predicted octanol–water partition coefficient (Wildman–Crippen LogP) is 4.35. The summed E-state index contributed by atoms with van der Waals surface area (Å²) >= 11 is 0. The smallest absolute Gasteiger partial charge is 0.192 e. The lowest BCUT2D eigenvalue weighted by Gasteiger charge is -2.36. The second kappa shape index (κ2) is 5.45. The van der Waals surface area contributed by atoms with Crippen LogP contribution in [0.2, 0.25) is 18.1 Å². The average molecular weight is 265 g/mol. The third-order valence-corrected chi connectivity index (χ3v) is 8.54. The number of anilines is 1. The molecule has 0 aromatic heterocycles. The van der Waals surface area contributed by atoms with E-state index in [9.17, 15) is 0 Å². The fourth-order valence-electron chi connectivity index (χ4n) is 1.70. The summed E-state index contributed by atoms with van der Waals surface area (Å²) < 4.78 is 6.26. The highest BCUT2D eigenvalue weighted by atomic mass is 28.4. The molecule has 0 spiro atoms. The molecule has 0 heterocycles. The molecule has 0 unspecified atom stereocenters. The standard InChI is InChI=1S/C15H27NOSi/c1-7-13-12(9-8-10-14(13)16)11-17-18(5,6)15(2,3)4/h8-10H,7,11,16H2,1-6H3. The number of nitrogens with two attached hydrogens (primary N) is 1. The van der Waals surface area contributed by atoms with Crippen molar-refractivity contribution in [2.45, 2.75) is 58.9 Å². The van der Waals surface area contributed by atoms with Crippen molar-refractivity contribution >= 4 is 14.0 Å². The molecule has 0 aliphatic rings. The first kappa shape index (κ1) is 15.3. The SMILES string of the molecule is CCc1c(N)cccc1CO[Si](C)(C)C(C)(C)C. The number of benzene rings is 1. The van der Waals surface area contributed by atoms with Crippen LogP contribution in [0.15, 0.2) is 18.2 Å². The van der Waals surface area contributed by atoms with Gasteiger partial charge in [0.2, 0.25) is 0 Å². The third kappa shape index (κ3) is 3.36. The molecule has 1 aromatic rings. The topological polar surface area (TPSA) is 35.2 Å². The van der Waals surface area contributed by atoms with Crippen molar-refractivity contribution in [3.8, 4) is 0 Å². The van der Waals surface area contributed by atoms with Gasteiger partial charge in [-0.2, -0.15) is 0 Å². The van der Waals surface area contributed by atoms with E-state index in [1.807, 2.05) is 12.1 Å². The first-order chi connectivity index (χ1) is 8.19. The van der Waals surface area contributed by atoms with Crippen LogP contribution in [0.3, 0.4) is 0 Å². The highest BCUT2D eigenvalue weighted by Gasteiger charge is 2.37. The van der Waals surface area contributed by atoms with Crippen molar-refractivity contribution in [3.05, 3.63) is 29.3 Å². The molecule has 0 saturated carbocycles. The minimum atomic E-state index is -1.68. The van der Waals surface area contributed by atoms with Gasteiger partial charge in [0.25, 0.3) is 0 Å². The fraction of sp³-hybridized carbons (Fsp3) is 0.600. The summed E-state index contributed by atoms with van der Waals surface area (Å²) in [6, 6.07) is 6.11. The van der Waals surface area contributed by atoms with Crippen LogP contribution < -0.4 is 5.73 Å². The minimum absolute atomic E-state index is 0.250. The summed E-state index contributed by atoms with van der Waals surface area (Å²) in [7, 11) is -1.68. The maximum absolute atomic E-state index is 6.26. The molecule has 0 saturated heterocycles. The largest absolute Gasteiger partial charge is 0.413 e. The van der Waals surface area contributed by atoms with Gasteiger partial charge in [0.15, 0.2) is 8.32 Å². The van der Waals surface area contributed by atoms with Gasteiger partial charge in [-0.3, -0.25) is 0 Å². The molecule has 0 atom stereocenters. The van der Waals surface area contributed by atoms with Gasteiger partial charge in [-0.05, 0) is 41.7 Å². The van der Waals surface area contributed by atoms with Gasteiger partial charge >= 0.3 is 0 Å². The average Bonchev–Trinajstić information content (AvgIpc) is 2.25. The second-order valence-corrected chi connectivity index (χ2v) is 11.2. The molecule has 1 rings (SSSR count). The summed E-state index contributed by atoms with van der Waals surface area (Å²) in [5.74, 6) is 0. The van der Waals surface area contributed by atoms with Gasteiger partial charge in [-0.25, -0.2) is 0 Å². The van der Waals surface area contributed by atoms with E-state index in [1.165, 1.54) is 11.1 Å². The molecule has 2 N–H and O–H groups in total. The third-order valence-electron chi connectivity index (χ3n) is 4.06. The Morgan fingerprint density at radius 3 is 2.33 bits per heavy atom. The lowest BCUT2D eigenvalue weighted by Crippen LogP contribution is -2.40. The van der Waals surface area contributed by atoms with E-state index in [2.05, 4.69) is 46.9 Å². The van der Waals surface area contributed by atoms with Gasteiger partial charge in [0.05, 0.1) is 6.61 Å². The first-order valence-electron chi connectivity index (χ1n) is 6.69. The van der Waals surface area contributed by atoms with Crippen molar-refractivity contribution in [1.29, 1.82) is 0 Å². The molecular formula is C15H27NOSi. The molecule has 0 aliphatic carbocycles. The molecule has 0 aliphatic heterocycles. The number of hydrogen-bond acceptors (Lipinski definition) is 2. The second-order valence-electron chi connectivity index (χ2n) is 6.39. The van der Waals surface area contributed by atoms with Crippen molar-refractivity contribution in [2.75, 3.05) is 5.73 Å². The van der Waals surface area contributed by atoms with E-state index in [0.29, 0.717) is 6.61 Å². The zero-order valence-corrected chi connectivity index (χ0v) is 13.6. The minimum Gasteiger partial charge on any atom is -0.413 e. The highest BCUT2D eigenvalue weighted by Crippen LogP contribution is 2.37. The molecule has 18 heavy (non-hydrogen) atoms. The quantitative estimate of drug-likeness (QED) is 0.649. The molecule has 3 heteroatoms. The van der Waals surface area contributed by atoms with Crippen LogP contribution in [0.5, 0.6) is 0 Å². The summed E-state index contributed by atoms with van der Waals surface area (Å²) in [4.78, 5) is 0. The Hall–Kier alpha value is -0.803. The Morgan fingerprint density at radius 1 is 1.22 bits per heavy atom. The summed E-state index contributed by atoms with van der Waals surface area (Å²) in [6.07, 6.45) is 0.961. The fourth-order valence-corrected chi connectivity index (χ4v) is 2.64. The van der Waals surface area contributed by atoms with Crippen molar-refractivity contribution < 1.29 is 4.43 Å². The van der Waals surface area contributed by atoms with Crippen LogP contribution in [0.4, 0.5) is 5.69 Å². The highest BCUT2D eigenvalue weighted by molar-refractivity contribution is 6.74. The normalized spacial score (nSPS) is 12.8. The van der Waals surface area contributed by atoms with E-state index in [4.69, 9.17) is 10.2 Å². The molecule has 0 radical (unpaired) electrons. The number of rotatable bonds is 4. The van der Waals surface area contributed by atoms with E-state index in [-0.39, 0.29) is 5.04 Å². The predicted molar refractivity (Wildman–Crippen MR) is 82.2 cm³/mol. The van der Waals surface area contributed by atoms with E-state index in [0.717, 1.165) is 12.1 Å². The van der Waals surface area contributed by atoms with Crippen molar-refractivity contribution in [3.63, 3.8) is 0 Å². The number of hydrogen-bond donors (Lipinski definition) is 1. The van der Waals surface area contributed by atoms with Crippen molar-refractivity contribution in [2.24, 2.45) is 0 Å². The molecular weight excluding hydrogens is 238 g/mol. The molecule has 0 bridgehead atoms. The Labute approximate surface area is 113 Å². The summed E-state index contributed by atoms with van der Waals surface area (Å²) in [5.41, 5.74) is 9.37. The van der Waals surface area contributed by atoms with E-state index < -0.39 is 8.32 Å². The van der Waals surface area contributed by atoms with Crippen LogP contribution in [0, 0.1) is 0 Å². The van der Waals surface area contributed by atoms with E-state index in [1.54, 1.807) is 0 Å². The molecule has 2 nitrogen and oxygen atoms in total. The van der Waals surface area contributed by atoms with Crippen LogP contribution in [-0.2, 0) is 17.5 Å². The summed E-state index contributed by atoms with van der Waals surface area (Å²) in [5, 5.41) is 0.250. The Morgan fingerprint density at radius 2 is 1.83 bits per heavy atom. The van der Waals surface area contributed by atoms with Gasteiger partial charge in [0.1, 0.15) is 0 Å². The zero-order chi connectivity index (χ0) is 14.0. The van der Waals surface area contributed by atoms with Crippen LogP contribution >= 0.6 is 0 Å². The van der Waals surface area contributed by atoms with Gasteiger partial charge in [0, 0.05) is 5.69 Å². The van der Waals surface area contributed by atoms with Gasteiger partial charge in [-0.1, -0.05) is 39.8 Å². The number of nitrogen functional groups attached to an aromatic ring is 1. The van der Waals surface area contributed by atoms with Crippen molar-refractivity contribution in [1.82, 2.24) is 0 Å². The van der Waals surface area contributed by atoms with Gasteiger partial charge in [-0.15, -0.1) is 0 Å². The molecule has 1 aromatic carbocycles. The Bertz CT molecular complexity index is 407. The van der Waals surface area contributed by atoms with Crippen LogP contribution in [0.25, 0.3) is 0 Å². The monoisotopic (exact) mass is 265 g/mol. The summed E-state index contributed by atoms with van der Waals surface area (Å²) in [6.45, 7) is 14.2. The molecule has 102 valence electrons.